The number of halogens is 1. The van der Waals surface area contributed by atoms with Crippen LogP contribution in [0.25, 0.3) is 0 Å². The molecule has 176 valence electrons. The fourth-order valence-electron chi connectivity index (χ4n) is 6.41. The number of piperidine rings is 1. The minimum atomic E-state index is -0.158. The summed E-state index contributed by atoms with van der Waals surface area (Å²) in [6.45, 7) is 1.62. The van der Waals surface area contributed by atoms with Gasteiger partial charge >= 0.3 is 0 Å². The molecule has 0 aromatic heterocycles. The number of carbonyl (C=O) groups is 1. The van der Waals surface area contributed by atoms with Gasteiger partial charge in [-0.05, 0) is 50.9 Å². The summed E-state index contributed by atoms with van der Waals surface area (Å²) in [6.07, 6.45) is 8.51. The molecule has 9 unspecified atom stereocenters. The third-order valence-electron chi connectivity index (χ3n) is 8.20. The molecule has 1 saturated heterocycles. The zero-order valence-corrected chi connectivity index (χ0v) is 20.0. The Labute approximate surface area is 191 Å². The van der Waals surface area contributed by atoms with Gasteiger partial charge in [-0.15, -0.1) is 11.6 Å². The van der Waals surface area contributed by atoms with Crippen molar-refractivity contribution in [2.24, 2.45) is 22.9 Å². The number of rotatable bonds is 5. The quantitative estimate of drug-likeness (QED) is 0.509. The van der Waals surface area contributed by atoms with E-state index in [1.807, 2.05) is 0 Å². The van der Waals surface area contributed by atoms with Gasteiger partial charge in [-0.3, -0.25) is 10.1 Å². The minimum absolute atomic E-state index is 0.00273. The molecule has 0 bridgehead atoms. The Balaban J connectivity index is 1.45. The van der Waals surface area contributed by atoms with Gasteiger partial charge in [0, 0.05) is 58.3 Å². The van der Waals surface area contributed by atoms with E-state index in [2.05, 4.69) is 5.32 Å². The molecule has 1 N–H and O–H groups in total. The first-order valence-corrected chi connectivity index (χ1v) is 12.2. The second kappa shape index (κ2) is 10.0. The SMILES string of the molecule is COC1CCC2CC(C3CC(C4CCC(OC)C(OC)C4)=NN3C(C)=O)C(Cl)NC2C1. The van der Waals surface area contributed by atoms with E-state index in [1.165, 1.54) is 0 Å². The van der Waals surface area contributed by atoms with E-state index >= 15 is 0 Å². The number of methoxy groups -OCH3 is 3. The summed E-state index contributed by atoms with van der Waals surface area (Å²) in [4.78, 5) is 12.5. The van der Waals surface area contributed by atoms with Gasteiger partial charge in [-0.25, -0.2) is 5.01 Å². The van der Waals surface area contributed by atoms with Crippen LogP contribution in [0.3, 0.4) is 0 Å². The first-order chi connectivity index (χ1) is 14.9. The Morgan fingerprint density at radius 3 is 2.48 bits per heavy atom. The first kappa shape index (κ1) is 23.4. The molecule has 9 atom stereocenters. The number of amides is 1. The van der Waals surface area contributed by atoms with Crippen molar-refractivity contribution in [3.05, 3.63) is 0 Å². The summed E-state index contributed by atoms with van der Waals surface area (Å²) < 4.78 is 16.9. The molecule has 8 heteroatoms. The van der Waals surface area contributed by atoms with Crippen LogP contribution in [0, 0.1) is 17.8 Å². The number of alkyl halides is 1. The maximum Gasteiger partial charge on any atom is 0.239 e. The van der Waals surface area contributed by atoms with E-state index in [0.29, 0.717) is 24.0 Å². The Bertz CT molecular complexity index is 677. The molecule has 4 aliphatic rings. The Morgan fingerprint density at radius 1 is 1.03 bits per heavy atom. The van der Waals surface area contributed by atoms with E-state index in [4.69, 9.17) is 30.9 Å². The first-order valence-electron chi connectivity index (χ1n) is 11.8. The molecule has 2 heterocycles. The van der Waals surface area contributed by atoms with Crippen molar-refractivity contribution < 1.29 is 19.0 Å². The number of hydrogen-bond acceptors (Lipinski definition) is 6. The summed E-state index contributed by atoms with van der Waals surface area (Å²) >= 11 is 6.88. The fourth-order valence-corrected chi connectivity index (χ4v) is 6.84. The van der Waals surface area contributed by atoms with Crippen LogP contribution in [-0.4, -0.2) is 73.9 Å². The van der Waals surface area contributed by atoms with Crippen LogP contribution in [0.1, 0.15) is 58.3 Å². The summed E-state index contributed by atoms with van der Waals surface area (Å²) in [5.41, 5.74) is 0.972. The molecular weight excluding hydrogens is 418 g/mol. The van der Waals surface area contributed by atoms with Gasteiger partial charge in [-0.1, -0.05) is 0 Å². The van der Waals surface area contributed by atoms with E-state index in [9.17, 15) is 4.79 Å². The maximum atomic E-state index is 12.5. The van der Waals surface area contributed by atoms with Gasteiger partial charge < -0.3 is 14.2 Å². The lowest BCUT2D eigenvalue weighted by Crippen LogP contribution is -2.57. The van der Waals surface area contributed by atoms with Crippen LogP contribution in [0.4, 0.5) is 0 Å². The van der Waals surface area contributed by atoms with Crippen molar-refractivity contribution in [1.29, 1.82) is 0 Å². The average Bonchev–Trinajstić information content (AvgIpc) is 3.23. The van der Waals surface area contributed by atoms with Crippen molar-refractivity contribution in [3.8, 4) is 0 Å². The summed E-state index contributed by atoms with van der Waals surface area (Å²) in [5.74, 6) is 1.11. The topological polar surface area (TPSA) is 72.4 Å². The lowest BCUT2D eigenvalue weighted by atomic mass is 9.72. The third kappa shape index (κ3) is 4.81. The number of hydrazone groups is 1. The normalized spacial score (nSPS) is 43.5. The highest BCUT2D eigenvalue weighted by atomic mass is 35.5. The van der Waals surface area contributed by atoms with Crippen LogP contribution in [0.2, 0.25) is 0 Å². The van der Waals surface area contributed by atoms with Gasteiger partial charge in [-0.2, -0.15) is 5.10 Å². The van der Waals surface area contributed by atoms with Gasteiger partial charge in [0.05, 0.1) is 29.9 Å². The molecule has 0 radical (unpaired) electrons. The second-order valence-corrected chi connectivity index (χ2v) is 10.3. The molecule has 0 spiro atoms. The highest BCUT2D eigenvalue weighted by molar-refractivity contribution is 6.20. The van der Waals surface area contributed by atoms with Crippen molar-refractivity contribution in [2.75, 3.05) is 21.3 Å². The molecular formula is C23H38ClN3O4. The number of hydrogen-bond donors (Lipinski definition) is 1. The summed E-state index contributed by atoms with van der Waals surface area (Å²) in [5, 5.41) is 10.2. The van der Waals surface area contributed by atoms with E-state index in [1.54, 1.807) is 33.3 Å². The fraction of sp³-hybridized carbons (Fsp3) is 0.913. The maximum absolute atomic E-state index is 12.5. The second-order valence-electron chi connectivity index (χ2n) is 9.79. The van der Waals surface area contributed by atoms with Gasteiger partial charge in [0.15, 0.2) is 0 Å². The zero-order chi connectivity index (χ0) is 22.1. The van der Waals surface area contributed by atoms with Crippen molar-refractivity contribution >= 4 is 23.2 Å². The van der Waals surface area contributed by atoms with Crippen LogP contribution in [-0.2, 0) is 19.0 Å². The largest absolute Gasteiger partial charge is 0.381 e. The molecule has 2 aliphatic heterocycles. The monoisotopic (exact) mass is 455 g/mol. The molecule has 3 fully saturated rings. The molecule has 4 rings (SSSR count). The van der Waals surface area contributed by atoms with Crippen molar-refractivity contribution in [1.82, 2.24) is 10.3 Å². The highest BCUT2D eigenvalue weighted by Crippen LogP contribution is 2.42. The smallest absolute Gasteiger partial charge is 0.239 e. The lowest BCUT2D eigenvalue weighted by molar-refractivity contribution is -0.132. The van der Waals surface area contributed by atoms with E-state index in [0.717, 1.165) is 57.1 Å². The predicted octanol–water partition coefficient (Wildman–Crippen LogP) is 3.15. The van der Waals surface area contributed by atoms with Gasteiger partial charge in [0.25, 0.3) is 0 Å². The van der Waals surface area contributed by atoms with Crippen LogP contribution in [0.5, 0.6) is 0 Å². The third-order valence-corrected chi connectivity index (χ3v) is 8.65. The zero-order valence-electron chi connectivity index (χ0n) is 19.3. The Kier molecular flexibility index (Phi) is 7.59. The van der Waals surface area contributed by atoms with E-state index < -0.39 is 0 Å². The molecule has 2 aliphatic carbocycles. The van der Waals surface area contributed by atoms with Crippen LogP contribution in [0.15, 0.2) is 5.10 Å². The molecule has 0 aromatic rings. The molecule has 31 heavy (non-hydrogen) atoms. The van der Waals surface area contributed by atoms with Crippen LogP contribution < -0.4 is 5.32 Å². The van der Waals surface area contributed by atoms with Gasteiger partial charge in [0.2, 0.25) is 5.91 Å². The summed E-state index contributed by atoms with van der Waals surface area (Å²) in [7, 11) is 5.30. The van der Waals surface area contributed by atoms with Crippen LogP contribution >= 0.6 is 11.6 Å². The lowest BCUT2D eigenvalue weighted by Gasteiger charge is -2.47. The Morgan fingerprint density at radius 2 is 1.81 bits per heavy atom. The average molecular weight is 456 g/mol. The molecule has 0 aromatic carbocycles. The van der Waals surface area contributed by atoms with Crippen molar-refractivity contribution in [3.63, 3.8) is 0 Å². The number of nitrogens with zero attached hydrogens (tertiary/aromatic N) is 2. The Hall–Kier alpha value is -0.730. The van der Waals surface area contributed by atoms with E-state index in [-0.39, 0.29) is 35.6 Å². The number of carbonyl (C=O) groups excluding carboxylic acids is 1. The predicted molar refractivity (Wildman–Crippen MR) is 120 cm³/mol. The number of ether oxygens (including phenoxy) is 3. The number of nitrogens with one attached hydrogen (secondary N) is 1. The number of fused-ring (bicyclic) bond motifs is 1. The standard InChI is InChI=1S/C23H38ClN3O4/c1-13(28)27-20(12-19(26-27)15-6-8-21(30-3)22(10-15)31-4)17-9-14-5-7-16(29-2)11-18(14)25-23(17)24/h14-18,20-23,25H,5-12H2,1-4H3. The molecule has 1 amide bonds. The van der Waals surface area contributed by atoms with Gasteiger partial charge in [0.1, 0.15) is 0 Å². The highest BCUT2D eigenvalue weighted by Gasteiger charge is 2.47. The molecule has 7 nitrogen and oxygen atoms in total. The summed E-state index contributed by atoms with van der Waals surface area (Å²) in [6, 6.07) is 0.432. The molecule has 2 saturated carbocycles. The minimum Gasteiger partial charge on any atom is -0.381 e. The van der Waals surface area contributed by atoms with Crippen molar-refractivity contribution in [2.45, 2.75) is 94.2 Å².